The number of rotatable bonds is 7. The number of hydrogen-bond donors (Lipinski definition) is 1. The van der Waals surface area contributed by atoms with Crippen molar-refractivity contribution in [3.8, 4) is 11.1 Å². The Morgan fingerprint density at radius 3 is 2.44 bits per heavy atom. The molecule has 0 saturated heterocycles. The lowest BCUT2D eigenvalue weighted by atomic mass is 10.0. The van der Waals surface area contributed by atoms with E-state index < -0.39 is 11.9 Å². The van der Waals surface area contributed by atoms with Gasteiger partial charge in [-0.25, -0.2) is 9.97 Å². The third kappa shape index (κ3) is 5.21. The molecule has 0 amide bonds. The average Bonchev–Trinajstić information content (AvgIpc) is 3.16. The van der Waals surface area contributed by atoms with Crippen molar-refractivity contribution in [1.82, 2.24) is 15.0 Å². The van der Waals surface area contributed by atoms with Crippen LogP contribution in [0.15, 0.2) is 53.8 Å². The number of anilines is 1. The van der Waals surface area contributed by atoms with E-state index in [0.29, 0.717) is 5.56 Å². The number of nitrogens with zero attached hydrogens (tertiary/aromatic N) is 3. The highest BCUT2D eigenvalue weighted by molar-refractivity contribution is 7.98. The first-order chi connectivity index (χ1) is 15.3. The highest BCUT2D eigenvalue weighted by Gasteiger charge is 2.32. The second kappa shape index (κ2) is 9.46. The van der Waals surface area contributed by atoms with Crippen LogP contribution >= 0.6 is 23.1 Å². The molecular formula is C23H21F3N4S2. The lowest BCUT2D eigenvalue weighted by Crippen LogP contribution is -2.07. The van der Waals surface area contributed by atoms with Crippen LogP contribution in [0.1, 0.15) is 22.6 Å². The van der Waals surface area contributed by atoms with Crippen molar-refractivity contribution in [3.63, 3.8) is 0 Å². The SMILES string of the molecule is CSc1nc(NCCCc2ccc(-c3ccc(C(F)(F)F)nc3)cc2)c2cc(C)sc2n1. The molecule has 0 aliphatic carbocycles. The monoisotopic (exact) mass is 474 g/mol. The molecule has 0 bridgehead atoms. The molecule has 0 aliphatic rings. The fraction of sp³-hybridized carbons (Fsp3) is 0.261. The van der Waals surface area contributed by atoms with Crippen molar-refractivity contribution in [2.75, 3.05) is 18.1 Å². The molecule has 1 N–H and O–H groups in total. The molecule has 4 rings (SSSR count). The highest BCUT2D eigenvalue weighted by atomic mass is 32.2. The molecule has 0 radical (unpaired) electrons. The van der Waals surface area contributed by atoms with Gasteiger partial charge in [0.15, 0.2) is 5.16 Å². The summed E-state index contributed by atoms with van der Waals surface area (Å²) in [4.78, 5) is 14.9. The normalized spacial score (nSPS) is 11.8. The van der Waals surface area contributed by atoms with Crippen molar-refractivity contribution < 1.29 is 13.2 Å². The number of fused-ring (bicyclic) bond motifs is 1. The molecular weight excluding hydrogens is 453 g/mol. The summed E-state index contributed by atoms with van der Waals surface area (Å²) in [5.41, 5.74) is 1.79. The number of thiophene rings is 1. The first-order valence-electron chi connectivity index (χ1n) is 10.0. The van der Waals surface area contributed by atoms with Gasteiger partial charge in [-0.15, -0.1) is 11.3 Å². The van der Waals surface area contributed by atoms with Crippen LogP contribution in [0.2, 0.25) is 0 Å². The number of aromatic nitrogens is 3. The minimum atomic E-state index is -4.42. The maximum Gasteiger partial charge on any atom is 0.433 e. The molecule has 4 nitrogen and oxygen atoms in total. The second-order valence-corrected chi connectivity index (χ2v) is 9.30. The molecule has 3 heterocycles. The van der Waals surface area contributed by atoms with E-state index in [1.165, 1.54) is 34.5 Å². The zero-order valence-electron chi connectivity index (χ0n) is 17.5. The van der Waals surface area contributed by atoms with Gasteiger partial charge in [0.1, 0.15) is 16.3 Å². The van der Waals surface area contributed by atoms with E-state index in [9.17, 15) is 13.2 Å². The van der Waals surface area contributed by atoms with E-state index in [4.69, 9.17) is 0 Å². The molecule has 1 aromatic carbocycles. The Kier molecular flexibility index (Phi) is 6.66. The summed E-state index contributed by atoms with van der Waals surface area (Å²) in [6.45, 7) is 2.85. The van der Waals surface area contributed by atoms with Crippen LogP contribution in [-0.4, -0.2) is 27.8 Å². The molecule has 0 aliphatic heterocycles. The van der Waals surface area contributed by atoms with Crippen LogP contribution in [0.25, 0.3) is 21.3 Å². The lowest BCUT2D eigenvalue weighted by molar-refractivity contribution is -0.141. The zero-order valence-corrected chi connectivity index (χ0v) is 19.2. The Bertz CT molecular complexity index is 1200. The number of pyridine rings is 1. The molecule has 166 valence electrons. The van der Waals surface area contributed by atoms with Gasteiger partial charge in [0.05, 0.1) is 5.39 Å². The van der Waals surface area contributed by atoms with Crippen molar-refractivity contribution in [3.05, 3.63) is 64.8 Å². The predicted molar refractivity (Wildman–Crippen MR) is 125 cm³/mol. The zero-order chi connectivity index (χ0) is 22.7. The van der Waals surface area contributed by atoms with E-state index in [2.05, 4.69) is 33.3 Å². The smallest absolute Gasteiger partial charge is 0.369 e. The summed E-state index contributed by atoms with van der Waals surface area (Å²) in [6, 6.07) is 12.4. The van der Waals surface area contributed by atoms with E-state index in [-0.39, 0.29) is 0 Å². The molecule has 4 aromatic rings. The highest BCUT2D eigenvalue weighted by Crippen LogP contribution is 2.31. The summed E-state index contributed by atoms with van der Waals surface area (Å²) in [5, 5.41) is 5.26. The van der Waals surface area contributed by atoms with Crippen LogP contribution < -0.4 is 5.32 Å². The molecule has 0 fully saturated rings. The minimum absolute atomic E-state index is 0.662. The average molecular weight is 475 g/mol. The number of halogens is 3. The van der Waals surface area contributed by atoms with Gasteiger partial charge in [-0.3, -0.25) is 4.98 Å². The largest absolute Gasteiger partial charge is 0.433 e. The predicted octanol–water partition coefficient (Wildman–Crippen LogP) is 6.85. The van der Waals surface area contributed by atoms with Gasteiger partial charge in [-0.05, 0) is 49.3 Å². The third-order valence-corrected chi connectivity index (χ3v) is 6.45. The van der Waals surface area contributed by atoms with Crippen LogP contribution in [-0.2, 0) is 12.6 Å². The van der Waals surface area contributed by atoms with Crippen LogP contribution in [0, 0.1) is 6.92 Å². The summed E-state index contributed by atoms with van der Waals surface area (Å²) in [5.74, 6) is 0.869. The number of hydrogen-bond acceptors (Lipinski definition) is 6. The molecule has 0 saturated carbocycles. The van der Waals surface area contributed by atoms with E-state index in [1.54, 1.807) is 11.3 Å². The molecule has 0 spiro atoms. The number of aryl methyl sites for hydroxylation is 2. The van der Waals surface area contributed by atoms with Crippen LogP contribution in [0.3, 0.4) is 0 Å². The van der Waals surface area contributed by atoms with Crippen molar-refractivity contribution >= 4 is 39.1 Å². The number of alkyl halides is 3. The third-order valence-electron chi connectivity index (χ3n) is 4.95. The number of nitrogens with one attached hydrogen (secondary N) is 1. The van der Waals surface area contributed by atoms with Crippen molar-refractivity contribution in [2.24, 2.45) is 0 Å². The molecule has 32 heavy (non-hydrogen) atoms. The van der Waals surface area contributed by atoms with E-state index in [0.717, 1.165) is 52.2 Å². The second-order valence-electron chi connectivity index (χ2n) is 7.29. The van der Waals surface area contributed by atoms with Gasteiger partial charge in [-0.1, -0.05) is 42.1 Å². The van der Waals surface area contributed by atoms with Gasteiger partial charge in [0, 0.05) is 23.2 Å². The van der Waals surface area contributed by atoms with Crippen molar-refractivity contribution in [2.45, 2.75) is 31.1 Å². The minimum Gasteiger partial charge on any atom is -0.369 e. The topological polar surface area (TPSA) is 50.7 Å². The van der Waals surface area contributed by atoms with Gasteiger partial charge in [0.2, 0.25) is 0 Å². The molecule has 0 atom stereocenters. The number of thioether (sulfide) groups is 1. The Hall–Kier alpha value is -2.65. The maximum atomic E-state index is 12.7. The summed E-state index contributed by atoms with van der Waals surface area (Å²) in [7, 11) is 0. The fourth-order valence-electron chi connectivity index (χ4n) is 3.34. The van der Waals surface area contributed by atoms with E-state index in [1.807, 2.05) is 30.5 Å². The van der Waals surface area contributed by atoms with Gasteiger partial charge in [0.25, 0.3) is 0 Å². The summed E-state index contributed by atoms with van der Waals surface area (Å²) < 4.78 is 38.0. The summed E-state index contributed by atoms with van der Waals surface area (Å²) in [6.07, 6.45) is 0.609. The maximum absolute atomic E-state index is 12.7. The molecule has 0 unspecified atom stereocenters. The standard InChI is InChI=1S/C23H21F3N4S2/c1-14-12-18-20(29-22(31-2)30-21(18)32-14)27-11-3-4-15-5-7-16(8-6-15)17-9-10-19(28-13-17)23(24,25)26/h5-10,12-13H,3-4,11H2,1-2H3,(H,27,29,30). The van der Waals surface area contributed by atoms with Gasteiger partial charge in [-0.2, -0.15) is 13.2 Å². The first kappa shape index (κ1) is 22.5. The van der Waals surface area contributed by atoms with Crippen LogP contribution in [0.4, 0.5) is 19.0 Å². The Morgan fingerprint density at radius 2 is 1.78 bits per heavy atom. The Morgan fingerprint density at radius 1 is 1.03 bits per heavy atom. The first-order valence-corrected chi connectivity index (χ1v) is 12.1. The lowest BCUT2D eigenvalue weighted by Gasteiger charge is -2.09. The van der Waals surface area contributed by atoms with E-state index >= 15 is 0 Å². The van der Waals surface area contributed by atoms with Gasteiger partial charge >= 0.3 is 6.18 Å². The Labute approximate surface area is 192 Å². The van der Waals surface area contributed by atoms with Gasteiger partial charge < -0.3 is 5.32 Å². The number of benzene rings is 1. The fourth-order valence-corrected chi connectivity index (χ4v) is 4.65. The van der Waals surface area contributed by atoms with Crippen molar-refractivity contribution in [1.29, 1.82) is 0 Å². The quantitative estimate of drug-likeness (QED) is 0.180. The molecule has 3 aromatic heterocycles. The van der Waals surface area contributed by atoms with Crippen LogP contribution in [0.5, 0.6) is 0 Å². The molecule has 9 heteroatoms. The Balaban J connectivity index is 1.35. The summed E-state index contributed by atoms with van der Waals surface area (Å²) >= 11 is 3.20.